The SMILES string of the molecule is Cn1cncc1Cn1nccc1N. The summed E-state index contributed by atoms with van der Waals surface area (Å²) in [7, 11) is 1.95. The van der Waals surface area contributed by atoms with Gasteiger partial charge in [0.1, 0.15) is 5.82 Å². The Morgan fingerprint density at radius 2 is 2.38 bits per heavy atom. The molecule has 0 saturated heterocycles. The van der Waals surface area contributed by atoms with E-state index in [1.165, 1.54) is 0 Å². The van der Waals surface area contributed by atoms with Crippen LogP contribution in [-0.2, 0) is 13.6 Å². The Bertz CT molecular complexity index is 362. The Morgan fingerprint density at radius 1 is 1.54 bits per heavy atom. The highest BCUT2D eigenvalue weighted by atomic mass is 15.3. The Labute approximate surface area is 75.8 Å². The fourth-order valence-electron chi connectivity index (χ4n) is 1.17. The smallest absolute Gasteiger partial charge is 0.122 e. The van der Waals surface area contributed by atoms with Gasteiger partial charge in [-0.3, -0.25) is 0 Å². The molecule has 0 radical (unpaired) electrons. The van der Waals surface area contributed by atoms with Crippen molar-refractivity contribution in [2.24, 2.45) is 7.05 Å². The molecule has 0 atom stereocenters. The van der Waals surface area contributed by atoms with Crippen molar-refractivity contribution in [1.82, 2.24) is 19.3 Å². The molecule has 68 valence electrons. The van der Waals surface area contributed by atoms with Gasteiger partial charge in [-0.1, -0.05) is 0 Å². The summed E-state index contributed by atoms with van der Waals surface area (Å²) >= 11 is 0. The molecular weight excluding hydrogens is 166 g/mol. The van der Waals surface area contributed by atoms with E-state index in [0.717, 1.165) is 5.69 Å². The zero-order valence-corrected chi connectivity index (χ0v) is 7.38. The molecular formula is C8H11N5. The standard InChI is InChI=1S/C8H11N5/c1-12-6-10-4-7(12)5-13-8(9)2-3-11-13/h2-4,6H,5,9H2,1H3. The second-order valence-corrected chi connectivity index (χ2v) is 2.91. The number of aryl methyl sites for hydroxylation is 1. The van der Waals surface area contributed by atoms with Crippen molar-refractivity contribution in [3.63, 3.8) is 0 Å². The van der Waals surface area contributed by atoms with Crippen molar-refractivity contribution in [3.05, 3.63) is 30.5 Å². The molecule has 2 aromatic heterocycles. The Balaban J connectivity index is 2.24. The fraction of sp³-hybridized carbons (Fsp3) is 0.250. The Morgan fingerprint density at radius 3 is 2.92 bits per heavy atom. The zero-order valence-electron chi connectivity index (χ0n) is 7.38. The van der Waals surface area contributed by atoms with Gasteiger partial charge in [0.2, 0.25) is 0 Å². The van der Waals surface area contributed by atoms with Gasteiger partial charge in [-0.2, -0.15) is 5.10 Å². The first-order valence-electron chi connectivity index (χ1n) is 4.00. The molecule has 0 spiro atoms. The Hall–Kier alpha value is -1.78. The molecule has 2 rings (SSSR count). The average Bonchev–Trinajstić information content (AvgIpc) is 2.65. The maximum atomic E-state index is 5.68. The molecule has 0 aliphatic rings. The van der Waals surface area contributed by atoms with Crippen LogP contribution in [0, 0.1) is 0 Å². The summed E-state index contributed by atoms with van der Waals surface area (Å²) in [5.74, 6) is 0.668. The summed E-state index contributed by atoms with van der Waals surface area (Å²) in [6, 6.07) is 1.77. The van der Waals surface area contributed by atoms with Gasteiger partial charge in [0.25, 0.3) is 0 Å². The minimum atomic E-state index is 0.662. The number of anilines is 1. The van der Waals surface area contributed by atoms with Crippen molar-refractivity contribution in [3.8, 4) is 0 Å². The van der Waals surface area contributed by atoms with E-state index in [9.17, 15) is 0 Å². The van der Waals surface area contributed by atoms with Gasteiger partial charge in [-0.05, 0) is 6.07 Å². The molecule has 0 aromatic carbocycles. The minimum Gasteiger partial charge on any atom is -0.384 e. The molecule has 0 fully saturated rings. The minimum absolute atomic E-state index is 0.662. The van der Waals surface area contributed by atoms with Crippen molar-refractivity contribution in [2.45, 2.75) is 6.54 Å². The monoisotopic (exact) mass is 177 g/mol. The zero-order chi connectivity index (χ0) is 9.26. The summed E-state index contributed by atoms with van der Waals surface area (Å²) in [5.41, 5.74) is 6.76. The topological polar surface area (TPSA) is 61.7 Å². The quantitative estimate of drug-likeness (QED) is 0.715. The number of hydrogen-bond acceptors (Lipinski definition) is 3. The maximum Gasteiger partial charge on any atom is 0.122 e. The van der Waals surface area contributed by atoms with E-state index in [1.54, 1.807) is 29.5 Å². The number of aromatic nitrogens is 4. The molecule has 0 amide bonds. The summed E-state index contributed by atoms with van der Waals surface area (Å²) in [4.78, 5) is 4.01. The lowest BCUT2D eigenvalue weighted by Crippen LogP contribution is -2.08. The van der Waals surface area contributed by atoms with Crippen LogP contribution in [0.1, 0.15) is 5.69 Å². The predicted molar refractivity (Wildman–Crippen MR) is 48.9 cm³/mol. The molecule has 0 aliphatic carbocycles. The van der Waals surface area contributed by atoms with E-state index in [-0.39, 0.29) is 0 Å². The molecule has 5 heteroatoms. The van der Waals surface area contributed by atoms with Crippen LogP contribution in [0.4, 0.5) is 5.82 Å². The van der Waals surface area contributed by atoms with Gasteiger partial charge >= 0.3 is 0 Å². The molecule has 2 heterocycles. The number of nitrogen functional groups attached to an aromatic ring is 1. The molecule has 2 aromatic rings. The molecule has 0 saturated carbocycles. The van der Waals surface area contributed by atoms with E-state index >= 15 is 0 Å². The number of nitrogens with zero attached hydrogens (tertiary/aromatic N) is 4. The van der Waals surface area contributed by atoms with Gasteiger partial charge in [0.15, 0.2) is 0 Å². The molecule has 13 heavy (non-hydrogen) atoms. The predicted octanol–water partition coefficient (Wildman–Crippen LogP) is 0.247. The van der Waals surface area contributed by atoms with E-state index in [4.69, 9.17) is 5.73 Å². The van der Waals surface area contributed by atoms with Gasteiger partial charge in [0.05, 0.1) is 31.0 Å². The van der Waals surface area contributed by atoms with Crippen LogP contribution in [0.2, 0.25) is 0 Å². The first-order chi connectivity index (χ1) is 6.27. The van der Waals surface area contributed by atoms with Gasteiger partial charge in [-0.25, -0.2) is 9.67 Å². The van der Waals surface area contributed by atoms with Gasteiger partial charge in [-0.15, -0.1) is 0 Å². The van der Waals surface area contributed by atoms with E-state index in [1.807, 2.05) is 11.6 Å². The van der Waals surface area contributed by atoms with E-state index in [2.05, 4.69) is 10.1 Å². The number of imidazole rings is 1. The van der Waals surface area contributed by atoms with Crippen molar-refractivity contribution in [1.29, 1.82) is 0 Å². The van der Waals surface area contributed by atoms with Crippen molar-refractivity contribution >= 4 is 5.82 Å². The summed E-state index contributed by atoms with van der Waals surface area (Å²) in [6.07, 6.45) is 5.25. The van der Waals surface area contributed by atoms with Crippen LogP contribution >= 0.6 is 0 Å². The third-order valence-electron chi connectivity index (χ3n) is 1.98. The Kier molecular flexibility index (Phi) is 1.77. The lowest BCUT2D eigenvalue weighted by molar-refractivity contribution is 0.656. The highest BCUT2D eigenvalue weighted by molar-refractivity contribution is 5.26. The highest BCUT2D eigenvalue weighted by Gasteiger charge is 2.02. The van der Waals surface area contributed by atoms with E-state index in [0.29, 0.717) is 12.4 Å². The lowest BCUT2D eigenvalue weighted by Gasteiger charge is -2.03. The van der Waals surface area contributed by atoms with Crippen molar-refractivity contribution < 1.29 is 0 Å². The second-order valence-electron chi connectivity index (χ2n) is 2.91. The number of rotatable bonds is 2. The second kappa shape index (κ2) is 2.93. The molecule has 5 nitrogen and oxygen atoms in total. The van der Waals surface area contributed by atoms with Crippen LogP contribution in [0.5, 0.6) is 0 Å². The first kappa shape index (κ1) is 7.85. The maximum absolute atomic E-state index is 5.68. The summed E-state index contributed by atoms with van der Waals surface area (Å²) < 4.78 is 3.68. The van der Waals surface area contributed by atoms with Crippen LogP contribution in [-0.4, -0.2) is 19.3 Å². The highest BCUT2D eigenvalue weighted by Crippen LogP contribution is 2.04. The molecule has 0 aliphatic heterocycles. The number of nitrogens with two attached hydrogens (primary N) is 1. The first-order valence-corrected chi connectivity index (χ1v) is 4.00. The average molecular weight is 177 g/mol. The van der Waals surface area contributed by atoms with Crippen LogP contribution in [0.15, 0.2) is 24.8 Å². The third kappa shape index (κ3) is 1.40. The molecule has 0 unspecified atom stereocenters. The largest absolute Gasteiger partial charge is 0.384 e. The molecule has 0 bridgehead atoms. The fourth-order valence-corrected chi connectivity index (χ4v) is 1.17. The lowest BCUT2D eigenvalue weighted by atomic mass is 10.4. The molecule has 2 N–H and O–H groups in total. The van der Waals surface area contributed by atoms with Gasteiger partial charge in [0, 0.05) is 7.05 Å². The summed E-state index contributed by atoms with van der Waals surface area (Å²) in [6.45, 7) is 0.662. The van der Waals surface area contributed by atoms with E-state index < -0.39 is 0 Å². The number of hydrogen-bond donors (Lipinski definition) is 1. The van der Waals surface area contributed by atoms with Crippen LogP contribution < -0.4 is 5.73 Å². The van der Waals surface area contributed by atoms with Crippen LogP contribution in [0.25, 0.3) is 0 Å². The van der Waals surface area contributed by atoms with Crippen LogP contribution in [0.3, 0.4) is 0 Å². The van der Waals surface area contributed by atoms with Gasteiger partial charge < -0.3 is 10.3 Å². The van der Waals surface area contributed by atoms with Crippen molar-refractivity contribution in [2.75, 3.05) is 5.73 Å². The third-order valence-corrected chi connectivity index (χ3v) is 1.98. The summed E-state index contributed by atoms with van der Waals surface area (Å²) in [5, 5.41) is 4.08. The normalized spacial score (nSPS) is 10.5.